The highest BCUT2D eigenvalue weighted by atomic mass is 16.5. The van der Waals surface area contributed by atoms with Gasteiger partial charge in [-0.3, -0.25) is 0 Å². The molecule has 1 aliphatic heterocycles. The molecule has 0 spiro atoms. The molecular formula is C13H23N5O. The molecule has 2 heterocycles. The average Bonchev–Trinajstić information content (AvgIpc) is 2.92. The number of hydrazine groups is 1. The predicted octanol–water partition coefficient (Wildman–Crippen LogP) is 1.55. The quantitative estimate of drug-likeness (QED) is 0.534. The molecule has 6 heteroatoms. The van der Waals surface area contributed by atoms with E-state index in [4.69, 9.17) is 10.6 Å². The maximum absolute atomic E-state index is 5.45. The van der Waals surface area contributed by atoms with Crippen LogP contribution >= 0.6 is 0 Å². The van der Waals surface area contributed by atoms with E-state index in [2.05, 4.69) is 34.6 Å². The molecule has 1 saturated heterocycles. The van der Waals surface area contributed by atoms with E-state index in [-0.39, 0.29) is 0 Å². The number of nitrogens with one attached hydrogen (secondary N) is 2. The van der Waals surface area contributed by atoms with Gasteiger partial charge in [-0.05, 0) is 19.8 Å². The Morgan fingerprint density at radius 1 is 1.47 bits per heavy atom. The van der Waals surface area contributed by atoms with Gasteiger partial charge in [-0.25, -0.2) is 15.8 Å². The summed E-state index contributed by atoms with van der Waals surface area (Å²) >= 11 is 0. The van der Waals surface area contributed by atoms with Crippen LogP contribution in [0.4, 0.5) is 11.6 Å². The van der Waals surface area contributed by atoms with Gasteiger partial charge < -0.3 is 15.5 Å². The summed E-state index contributed by atoms with van der Waals surface area (Å²) in [5.74, 6) is 8.28. The van der Waals surface area contributed by atoms with Crippen LogP contribution in [0.15, 0.2) is 6.07 Å². The van der Waals surface area contributed by atoms with E-state index in [1.807, 2.05) is 6.07 Å². The number of aromatic nitrogens is 2. The van der Waals surface area contributed by atoms with Gasteiger partial charge in [-0.1, -0.05) is 6.92 Å². The van der Waals surface area contributed by atoms with Crippen LogP contribution in [0.3, 0.4) is 0 Å². The lowest BCUT2D eigenvalue weighted by Crippen LogP contribution is -2.27. The smallest absolute Gasteiger partial charge is 0.145 e. The Kier molecular flexibility index (Phi) is 4.93. The number of nitrogens with zero attached hydrogens (tertiary/aromatic N) is 2. The van der Waals surface area contributed by atoms with Gasteiger partial charge in [0.2, 0.25) is 0 Å². The molecule has 2 rings (SSSR count). The predicted molar refractivity (Wildman–Crippen MR) is 75.8 cm³/mol. The van der Waals surface area contributed by atoms with Crippen LogP contribution < -0.4 is 16.6 Å². The Bertz CT molecular complexity index is 406. The van der Waals surface area contributed by atoms with Crippen LogP contribution in [0.25, 0.3) is 0 Å². The van der Waals surface area contributed by atoms with Crippen LogP contribution in [0.1, 0.15) is 32.5 Å². The van der Waals surface area contributed by atoms with Crippen molar-refractivity contribution in [1.82, 2.24) is 9.97 Å². The molecule has 6 nitrogen and oxygen atoms in total. The van der Waals surface area contributed by atoms with Crippen molar-refractivity contribution in [3.63, 3.8) is 0 Å². The number of hydrogen-bond acceptors (Lipinski definition) is 6. The third kappa shape index (κ3) is 3.78. The van der Waals surface area contributed by atoms with Crippen LogP contribution in [-0.4, -0.2) is 29.2 Å². The Labute approximate surface area is 114 Å². The number of hydrogen-bond donors (Lipinski definition) is 3. The van der Waals surface area contributed by atoms with Crippen molar-refractivity contribution in [2.75, 3.05) is 24.0 Å². The molecule has 1 fully saturated rings. The second-order valence-corrected chi connectivity index (χ2v) is 5.01. The van der Waals surface area contributed by atoms with E-state index < -0.39 is 0 Å². The van der Waals surface area contributed by atoms with E-state index >= 15 is 0 Å². The fourth-order valence-electron chi connectivity index (χ4n) is 2.28. The van der Waals surface area contributed by atoms with Crippen LogP contribution in [-0.2, 0) is 11.2 Å². The maximum Gasteiger partial charge on any atom is 0.145 e. The number of nitrogens with two attached hydrogens (primary N) is 1. The highest BCUT2D eigenvalue weighted by Gasteiger charge is 2.22. The molecule has 2 atom stereocenters. The Morgan fingerprint density at radius 2 is 2.26 bits per heavy atom. The van der Waals surface area contributed by atoms with Gasteiger partial charge in [-0.2, -0.15) is 0 Å². The highest BCUT2D eigenvalue weighted by Crippen LogP contribution is 2.20. The van der Waals surface area contributed by atoms with Crippen molar-refractivity contribution in [2.45, 2.75) is 39.2 Å². The molecule has 2 unspecified atom stereocenters. The molecule has 1 aromatic heterocycles. The van der Waals surface area contributed by atoms with Gasteiger partial charge in [0.25, 0.3) is 0 Å². The topological polar surface area (TPSA) is 85.1 Å². The average molecular weight is 265 g/mol. The minimum absolute atomic E-state index is 0.331. The number of nitrogen functional groups attached to an aromatic ring is 1. The van der Waals surface area contributed by atoms with E-state index in [0.29, 0.717) is 17.8 Å². The Morgan fingerprint density at radius 3 is 2.89 bits per heavy atom. The van der Waals surface area contributed by atoms with E-state index in [9.17, 15) is 0 Å². The van der Waals surface area contributed by atoms with Crippen LogP contribution in [0, 0.1) is 5.92 Å². The van der Waals surface area contributed by atoms with Gasteiger partial charge in [0, 0.05) is 31.1 Å². The fourth-order valence-corrected chi connectivity index (χ4v) is 2.28. The van der Waals surface area contributed by atoms with Crippen molar-refractivity contribution >= 4 is 11.6 Å². The lowest BCUT2D eigenvalue weighted by Gasteiger charge is -2.20. The number of rotatable bonds is 6. The SMILES string of the molecule is CCCc1nc(NN)cc(NC(C)C2CCOC2)n1. The number of ether oxygens (including phenoxy) is 1. The molecular weight excluding hydrogens is 242 g/mol. The van der Waals surface area contributed by atoms with Crippen molar-refractivity contribution in [3.8, 4) is 0 Å². The van der Waals surface area contributed by atoms with Crippen molar-refractivity contribution in [2.24, 2.45) is 11.8 Å². The first-order chi connectivity index (χ1) is 9.22. The summed E-state index contributed by atoms with van der Waals surface area (Å²) in [7, 11) is 0. The molecule has 0 saturated carbocycles. The zero-order valence-electron chi connectivity index (χ0n) is 11.6. The molecule has 0 radical (unpaired) electrons. The first kappa shape index (κ1) is 14.0. The molecule has 0 aromatic carbocycles. The Hall–Kier alpha value is -1.40. The number of anilines is 2. The lowest BCUT2D eigenvalue weighted by atomic mass is 10.0. The standard InChI is InChI=1S/C13H23N5O/c1-3-4-11-16-12(7-13(17-11)18-14)15-9(2)10-5-6-19-8-10/h7,9-10H,3-6,8,14H2,1-2H3,(H2,15,16,17,18). The summed E-state index contributed by atoms with van der Waals surface area (Å²) in [6.45, 7) is 5.95. The van der Waals surface area contributed by atoms with Crippen molar-refractivity contribution < 1.29 is 4.74 Å². The second-order valence-electron chi connectivity index (χ2n) is 5.01. The summed E-state index contributed by atoms with van der Waals surface area (Å²) < 4.78 is 5.42. The Balaban J connectivity index is 2.07. The zero-order valence-corrected chi connectivity index (χ0v) is 11.6. The molecule has 1 aliphatic rings. The molecule has 0 amide bonds. The monoisotopic (exact) mass is 265 g/mol. The van der Waals surface area contributed by atoms with Gasteiger partial charge in [0.05, 0.1) is 6.61 Å². The molecule has 106 valence electrons. The van der Waals surface area contributed by atoms with Crippen LogP contribution in [0.2, 0.25) is 0 Å². The van der Waals surface area contributed by atoms with Crippen molar-refractivity contribution in [1.29, 1.82) is 0 Å². The second kappa shape index (κ2) is 6.68. The highest BCUT2D eigenvalue weighted by molar-refractivity contribution is 5.47. The summed E-state index contributed by atoms with van der Waals surface area (Å²) in [5.41, 5.74) is 2.59. The first-order valence-electron chi connectivity index (χ1n) is 6.91. The van der Waals surface area contributed by atoms with Crippen molar-refractivity contribution in [3.05, 3.63) is 11.9 Å². The maximum atomic E-state index is 5.45. The summed E-state index contributed by atoms with van der Waals surface area (Å²) in [6, 6.07) is 2.17. The molecule has 1 aromatic rings. The summed E-state index contributed by atoms with van der Waals surface area (Å²) in [5, 5.41) is 3.43. The molecule has 0 aliphatic carbocycles. The first-order valence-corrected chi connectivity index (χ1v) is 6.91. The van der Waals surface area contributed by atoms with E-state index in [0.717, 1.165) is 44.1 Å². The lowest BCUT2D eigenvalue weighted by molar-refractivity contribution is 0.183. The van der Waals surface area contributed by atoms with E-state index in [1.54, 1.807) is 0 Å². The summed E-state index contributed by atoms with van der Waals surface area (Å²) in [6.07, 6.45) is 2.97. The minimum Gasteiger partial charge on any atom is -0.381 e. The number of aryl methyl sites for hydroxylation is 1. The fraction of sp³-hybridized carbons (Fsp3) is 0.692. The molecule has 4 N–H and O–H groups in total. The third-order valence-corrected chi connectivity index (χ3v) is 3.44. The largest absolute Gasteiger partial charge is 0.381 e. The van der Waals surface area contributed by atoms with Gasteiger partial charge in [-0.15, -0.1) is 0 Å². The normalized spacial score (nSPS) is 20.3. The third-order valence-electron chi connectivity index (χ3n) is 3.44. The van der Waals surface area contributed by atoms with Gasteiger partial charge in [0.15, 0.2) is 0 Å². The van der Waals surface area contributed by atoms with Gasteiger partial charge in [0.1, 0.15) is 17.5 Å². The summed E-state index contributed by atoms with van der Waals surface area (Å²) in [4.78, 5) is 8.86. The zero-order chi connectivity index (χ0) is 13.7. The molecule has 0 bridgehead atoms. The van der Waals surface area contributed by atoms with Crippen LogP contribution in [0.5, 0.6) is 0 Å². The van der Waals surface area contributed by atoms with E-state index in [1.165, 1.54) is 0 Å². The minimum atomic E-state index is 0.331. The molecule has 19 heavy (non-hydrogen) atoms. The van der Waals surface area contributed by atoms with Gasteiger partial charge >= 0.3 is 0 Å².